The van der Waals surface area contributed by atoms with Crippen LogP contribution in [0.1, 0.15) is 10.6 Å². The van der Waals surface area contributed by atoms with Gasteiger partial charge in [0.25, 0.3) is 5.19 Å². The molecule has 0 aliphatic rings. The van der Waals surface area contributed by atoms with Gasteiger partial charge in [-0.1, -0.05) is 11.3 Å². The molecule has 1 aromatic carbocycles. The van der Waals surface area contributed by atoms with E-state index in [-0.39, 0.29) is 11.5 Å². The Labute approximate surface area is 96.7 Å². The first-order chi connectivity index (χ1) is 7.56. The summed E-state index contributed by atoms with van der Waals surface area (Å²) in [7, 11) is 0. The van der Waals surface area contributed by atoms with Crippen LogP contribution >= 0.6 is 11.3 Å². The zero-order valence-corrected chi connectivity index (χ0v) is 9.77. The number of nitrogen functional groups attached to an aromatic ring is 1. The van der Waals surface area contributed by atoms with E-state index in [1.54, 1.807) is 0 Å². The number of hydrogen-bond acceptors (Lipinski definition) is 4. The van der Waals surface area contributed by atoms with E-state index in [0.29, 0.717) is 10.9 Å². The quantitative estimate of drug-likeness (QED) is 0.817. The molecule has 5 heteroatoms. The zero-order chi connectivity index (χ0) is 11.7. The summed E-state index contributed by atoms with van der Waals surface area (Å²) >= 11 is 1.44. The minimum Gasteiger partial charge on any atom is -0.429 e. The third-order valence-electron chi connectivity index (χ3n) is 2.18. The molecule has 1 aromatic heterocycles. The van der Waals surface area contributed by atoms with Crippen molar-refractivity contribution in [3.05, 3.63) is 34.6 Å². The summed E-state index contributed by atoms with van der Waals surface area (Å²) in [6, 6.07) is 4.03. The van der Waals surface area contributed by atoms with Crippen LogP contribution in [0.5, 0.6) is 10.9 Å². The maximum atomic E-state index is 12.8. The van der Waals surface area contributed by atoms with Crippen LogP contribution in [0.25, 0.3) is 0 Å². The van der Waals surface area contributed by atoms with Crippen molar-refractivity contribution < 1.29 is 9.13 Å². The molecule has 0 amide bonds. The molecule has 16 heavy (non-hydrogen) atoms. The van der Waals surface area contributed by atoms with E-state index in [9.17, 15) is 4.39 Å². The number of nitrogens with zero attached hydrogens (tertiary/aromatic N) is 1. The molecule has 0 aliphatic heterocycles. The molecule has 0 saturated carbocycles. The van der Waals surface area contributed by atoms with Gasteiger partial charge in [-0.3, -0.25) is 0 Å². The van der Waals surface area contributed by atoms with Crippen molar-refractivity contribution in [1.29, 1.82) is 0 Å². The number of halogens is 1. The minimum absolute atomic E-state index is 0.269. The Bertz CT molecular complexity index is 505. The fraction of sp³-hybridized carbons (Fsp3) is 0.182. The lowest BCUT2D eigenvalue weighted by Gasteiger charge is -2.04. The Morgan fingerprint density at radius 2 is 2.12 bits per heavy atom. The first-order valence-corrected chi connectivity index (χ1v) is 5.55. The molecule has 2 rings (SSSR count). The van der Waals surface area contributed by atoms with Crippen LogP contribution in [0, 0.1) is 19.7 Å². The zero-order valence-electron chi connectivity index (χ0n) is 8.95. The van der Waals surface area contributed by atoms with Crippen LogP contribution in [-0.2, 0) is 0 Å². The first-order valence-electron chi connectivity index (χ1n) is 4.73. The molecular weight excluding hydrogens is 227 g/mol. The van der Waals surface area contributed by atoms with Gasteiger partial charge >= 0.3 is 0 Å². The molecule has 0 aliphatic carbocycles. The largest absolute Gasteiger partial charge is 0.429 e. The highest BCUT2D eigenvalue weighted by atomic mass is 32.1. The van der Waals surface area contributed by atoms with Gasteiger partial charge in [0, 0.05) is 10.9 Å². The highest BCUT2D eigenvalue weighted by Gasteiger charge is 2.08. The Balaban J connectivity index is 2.27. The molecule has 0 spiro atoms. The van der Waals surface area contributed by atoms with Crippen LogP contribution in [-0.4, -0.2) is 4.98 Å². The van der Waals surface area contributed by atoms with Crippen molar-refractivity contribution in [1.82, 2.24) is 4.98 Å². The van der Waals surface area contributed by atoms with Crippen molar-refractivity contribution in [2.75, 3.05) is 5.73 Å². The lowest BCUT2D eigenvalue weighted by molar-refractivity contribution is 0.478. The van der Waals surface area contributed by atoms with Gasteiger partial charge in [0.05, 0.1) is 11.4 Å². The third-order valence-corrected chi connectivity index (χ3v) is 3.13. The Morgan fingerprint density at radius 1 is 1.38 bits per heavy atom. The van der Waals surface area contributed by atoms with Crippen molar-refractivity contribution in [2.24, 2.45) is 0 Å². The average Bonchev–Trinajstić information content (AvgIpc) is 2.51. The van der Waals surface area contributed by atoms with Gasteiger partial charge in [-0.05, 0) is 26.0 Å². The monoisotopic (exact) mass is 238 g/mol. The van der Waals surface area contributed by atoms with Crippen LogP contribution in [0.2, 0.25) is 0 Å². The Kier molecular flexibility index (Phi) is 2.78. The number of aromatic nitrogens is 1. The molecule has 0 unspecified atom stereocenters. The van der Waals surface area contributed by atoms with Gasteiger partial charge in [0.1, 0.15) is 5.82 Å². The van der Waals surface area contributed by atoms with Gasteiger partial charge in [-0.25, -0.2) is 9.37 Å². The predicted octanol–water partition coefficient (Wildman–Crippen LogP) is 3.27. The molecule has 2 aromatic rings. The van der Waals surface area contributed by atoms with Crippen molar-refractivity contribution in [3.8, 4) is 10.9 Å². The van der Waals surface area contributed by atoms with Crippen LogP contribution in [0.4, 0.5) is 10.1 Å². The molecule has 1 heterocycles. The normalized spacial score (nSPS) is 10.4. The summed E-state index contributed by atoms with van der Waals surface area (Å²) in [6.45, 7) is 3.88. The number of benzene rings is 1. The summed E-state index contributed by atoms with van der Waals surface area (Å²) in [5.41, 5.74) is 6.83. The van der Waals surface area contributed by atoms with E-state index < -0.39 is 0 Å². The molecule has 0 atom stereocenters. The van der Waals surface area contributed by atoms with Gasteiger partial charge in [0.2, 0.25) is 0 Å². The SMILES string of the molecule is Cc1nc(Oc2ccc(F)cc2N)sc1C. The van der Waals surface area contributed by atoms with Gasteiger partial charge < -0.3 is 10.5 Å². The number of hydrogen-bond donors (Lipinski definition) is 1. The third kappa shape index (κ3) is 2.14. The molecule has 3 nitrogen and oxygen atoms in total. The van der Waals surface area contributed by atoms with Crippen LogP contribution in [0.15, 0.2) is 18.2 Å². The summed E-state index contributed by atoms with van der Waals surface area (Å²) < 4.78 is 18.3. The smallest absolute Gasteiger partial charge is 0.279 e. The molecule has 0 bridgehead atoms. The maximum absolute atomic E-state index is 12.8. The van der Waals surface area contributed by atoms with E-state index in [1.807, 2.05) is 13.8 Å². The van der Waals surface area contributed by atoms with Gasteiger partial charge in [-0.2, -0.15) is 0 Å². The number of ether oxygens (including phenoxy) is 1. The lowest BCUT2D eigenvalue weighted by Crippen LogP contribution is -1.92. The van der Waals surface area contributed by atoms with Crippen molar-refractivity contribution in [2.45, 2.75) is 13.8 Å². The standard InChI is InChI=1S/C11H11FN2OS/c1-6-7(2)16-11(14-6)15-10-4-3-8(12)5-9(10)13/h3-5H,13H2,1-2H3. The lowest BCUT2D eigenvalue weighted by atomic mass is 10.3. The average molecular weight is 238 g/mol. The number of nitrogens with two attached hydrogens (primary N) is 1. The van der Waals surface area contributed by atoms with E-state index in [4.69, 9.17) is 10.5 Å². The number of rotatable bonds is 2. The molecule has 0 saturated heterocycles. The minimum atomic E-state index is -0.378. The second kappa shape index (κ2) is 4.09. The van der Waals surface area contributed by atoms with Gasteiger partial charge in [0.15, 0.2) is 5.75 Å². The molecular formula is C11H11FN2OS. The van der Waals surface area contributed by atoms with E-state index in [1.165, 1.54) is 29.5 Å². The van der Waals surface area contributed by atoms with Crippen molar-refractivity contribution in [3.63, 3.8) is 0 Å². The predicted molar refractivity (Wildman–Crippen MR) is 62.5 cm³/mol. The summed E-state index contributed by atoms with van der Waals surface area (Å²) in [5.74, 6) is 0.0477. The molecule has 0 fully saturated rings. The van der Waals surface area contributed by atoms with Gasteiger partial charge in [-0.15, -0.1) is 0 Å². The topological polar surface area (TPSA) is 48.1 Å². The summed E-state index contributed by atoms with van der Waals surface area (Å²) in [6.07, 6.45) is 0. The second-order valence-electron chi connectivity index (χ2n) is 3.41. The van der Waals surface area contributed by atoms with E-state index in [2.05, 4.69) is 4.98 Å². The number of aryl methyl sites for hydroxylation is 2. The van der Waals surface area contributed by atoms with Crippen LogP contribution < -0.4 is 10.5 Å². The Hall–Kier alpha value is -1.62. The van der Waals surface area contributed by atoms with E-state index in [0.717, 1.165) is 10.6 Å². The fourth-order valence-corrected chi connectivity index (χ4v) is 1.96. The summed E-state index contributed by atoms with van der Waals surface area (Å²) in [5, 5.41) is 0.522. The first kappa shape index (κ1) is 10.9. The van der Waals surface area contributed by atoms with E-state index >= 15 is 0 Å². The van der Waals surface area contributed by atoms with Crippen molar-refractivity contribution >= 4 is 17.0 Å². The second-order valence-corrected chi connectivity index (χ2v) is 4.57. The maximum Gasteiger partial charge on any atom is 0.279 e. The number of anilines is 1. The number of thiazole rings is 1. The molecule has 84 valence electrons. The highest BCUT2D eigenvalue weighted by molar-refractivity contribution is 7.13. The molecule has 0 radical (unpaired) electrons. The fourth-order valence-electron chi connectivity index (χ4n) is 1.19. The van der Waals surface area contributed by atoms with Crippen LogP contribution in [0.3, 0.4) is 0 Å². The Morgan fingerprint density at radius 3 is 2.69 bits per heavy atom. The summed E-state index contributed by atoms with van der Waals surface area (Å²) in [4.78, 5) is 5.31. The highest BCUT2D eigenvalue weighted by Crippen LogP contribution is 2.31. The molecule has 2 N–H and O–H groups in total.